The van der Waals surface area contributed by atoms with Crippen molar-refractivity contribution in [2.75, 3.05) is 11.4 Å². The summed E-state index contributed by atoms with van der Waals surface area (Å²) in [6, 6.07) is 30.1. The summed E-state index contributed by atoms with van der Waals surface area (Å²) < 4.78 is 1.71. The van der Waals surface area contributed by atoms with Crippen LogP contribution in [-0.4, -0.2) is 33.3 Å². The van der Waals surface area contributed by atoms with Gasteiger partial charge >= 0.3 is 5.97 Å². The maximum atomic E-state index is 13.6. The highest BCUT2D eigenvalue weighted by Gasteiger charge is 2.41. The zero-order valence-corrected chi connectivity index (χ0v) is 19.8. The molecule has 0 fully saturated rings. The standard InChI is InChI=1S/C29H20ClN3O3/c30-22-13-11-19(12-14-22)26-16-24(21-10-9-18-5-1-2-6-20(18)15-21)31-33(26)28-23-7-3-4-8-25(23)32(29(28)36)17-27(34)35/h1-16,28H,17H2,(H,34,35). The van der Waals surface area contributed by atoms with Gasteiger partial charge in [0.15, 0.2) is 6.04 Å². The van der Waals surface area contributed by atoms with Crippen molar-refractivity contribution in [1.29, 1.82) is 0 Å². The molecule has 4 aromatic carbocycles. The van der Waals surface area contributed by atoms with Crippen LogP contribution in [0.1, 0.15) is 11.6 Å². The maximum Gasteiger partial charge on any atom is 0.323 e. The number of nitrogens with zero attached hydrogens (tertiary/aromatic N) is 3. The predicted molar refractivity (Wildman–Crippen MR) is 140 cm³/mol. The number of carbonyl (C=O) groups excluding carboxylic acids is 1. The smallest absolute Gasteiger partial charge is 0.323 e. The molecule has 5 aromatic rings. The van der Waals surface area contributed by atoms with Gasteiger partial charge in [-0.15, -0.1) is 0 Å². The van der Waals surface area contributed by atoms with E-state index in [1.165, 1.54) is 4.90 Å². The predicted octanol–water partition coefficient (Wildman–Crippen LogP) is 6.04. The van der Waals surface area contributed by atoms with Crippen LogP contribution in [0.3, 0.4) is 0 Å². The molecule has 1 aliphatic heterocycles. The minimum Gasteiger partial charge on any atom is -0.480 e. The zero-order valence-electron chi connectivity index (χ0n) is 19.0. The van der Waals surface area contributed by atoms with Crippen LogP contribution < -0.4 is 4.90 Å². The molecule has 0 saturated carbocycles. The van der Waals surface area contributed by atoms with Gasteiger partial charge in [0, 0.05) is 16.1 Å². The van der Waals surface area contributed by atoms with Crippen molar-refractivity contribution >= 4 is 39.9 Å². The van der Waals surface area contributed by atoms with Gasteiger partial charge in [0.2, 0.25) is 0 Å². The lowest BCUT2D eigenvalue weighted by Gasteiger charge is -2.17. The van der Waals surface area contributed by atoms with Crippen LogP contribution in [0.15, 0.2) is 97.1 Å². The van der Waals surface area contributed by atoms with Gasteiger partial charge in [-0.25, -0.2) is 4.68 Å². The molecule has 1 amide bonds. The molecule has 36 heavy (non-hydrogen) atoms. The van der Waals surface area contributed by atoms with E-state index < -0.39 is 18.6 Å². The van der Waals surface area contributed by atoms with Crippen molar-refractivity contribution in [1.82, 2.24) is 9.78 Å². The van der Waals surface area contributed by atoms with E-state index in [9.17, 15) is 14.7 Å². The molecule has 1 aromatic heterocycles. The number of carbonyl (C=O) groups is 2. The Morgan fingerprint density at radius 2 is 1.56 bits per heavy atom. The Morgan fingerprint density at radius 3 is 2.33 bits per heavy atom. The lowest BCUT2D eigenvalue weighted by molar-refractivity contribution is -0.136. The van der Waals surface area contributed by atoms with Crippen molar-refractivity contribution in [3.05, 3.63) is 108 Å². The number of fused-ring (bicyclic) bond motifs is 2. The summed E-state index contributed by atoms with van der Waals surface area (Å²) in [5, 5.41) is 17.2. The SMILES string of the molecule is O=C(O)CN1C(=O)C(n2nc(-c3ccc4ccccc4c3)cc2-c2ccc(Cl)cc2)c2ccccc21. The third-order valence-corrected chi connectivity index (χ3v) is 6.73. The number of anilines is 1. The van der Waals surface area contributed by atoms with Crippen molar-refractivity contribution in [2.45, 2.75) is 6.04 Å². The molecule has 0 spiro atoms. The first-order valence-corrected chi connectivity index (χ1v) is 11.8. The Morgan fingerprint density at radius 1 is 0.861 bits per heavy atom. The number of hydrogen-bond acceptors (Lipinski definition) is 3. The molecule has 0 aliphatic carbocycles. The minimum atomic E-state index is -1.07. The number of hydrogen-bond donors (Lipinski definition) is 1. The number of carboxylic acid groups (broad SMARTS) is 1. The lowest BCUT2D eigenvalue weighted by atomic mass is 10.0. The summed E-state index contributed by atoms with van der Waals surface area (Å²) in [5.41, 5.74) is 4.52. The molecular formula is C29H20ClN3O3. The summed E-state index contributed by atoms with van der Waals surface area (Å²) >= 11 is 6.14. The Balaban J connectivity index is 1.54. The highest BCUT2D eigenvalue weighted by atomic mass is 35.5. The Kier molecular flexibility index (Phi) is 5.31. The molecule has 6 rings (SSSR count). The van der Waals surface area contributed by atoms with Gasteiger partial charge < -0.3 is 5.11 Å². The summed E-state index contributed by atoms with van der Waals surface area (Å²) in [5.74, 6) is -1.41. The van der Waals surface area contributed by atoms with Gasteiger partial charge in [-0.2, -0.15) is 5.10 Å². The highest BCUT2D eigenvalue weighted by molar-refractivity contribution is 6.30. The topological polar surface area (TPSA) is 75.4 Å². The van der Waals surface area contributed by atoms with Crippen molar-refractivity contribution in [2.24, 2.45) is 0 Å². The molecule has 1 aliphatic rings. The molecule has 1 unspecified atom stereocenters. The van der Waals surface area contributed by atoms with Crippen molar-refractivity contribution in [3.63, 3.8) is 0 Å². The number of halogens is 1. The molecule has 0 saturated heterocycles. The van der Waals surface area contributed by atoms with Crippen molar-refractivity contribution < 1.29 is 14.7 Å². The summed E-state index contributed by atoms with van der Waals surface area (Å²) in [6.45, 7) is -0.415. The molecule has 7 heteroatoms. The average Bonchev–Trinajstić information content (AvgIpc) is 3.43. The van der Waals surface area contributed by atoms with Gasteiger partial charge in [-0.3, -0.25) is 14.5 Å². The molecule has 0 radical (unpaired) electrons. The number of rotatable bonds is 5. The number of amides is 1. The van der Waals surface area contributed by atoms with Crippen LogP contribution in [0.25, 0.3) is 33.3 Å². The third-order valence-electron chi connectivity index (χ3n) is 6.48. The third kappa shape index (κ3) is 3.72. The quantitative estimate of drug-likeness (QED) is 0.323. The van der Waals surface area contributed by atoms with Crippen LogP contribution in [0.2, 0.25) is 5.02 Å². The molecule has 0 bridgehead atoms. The van der Waals surface area contributed by atoms with E-state index in [1.54, 1.807) is 28.9 Å². The Hall–Kier alpha value is -4.42. The van der Waals surface area contributed by atoms with Gasteiger partial charge in [-0.05, 0) is 46.7 Å². The summed E-state index contributed by atoms with van der Waals surface area (Å²) in [7, 11) is 0. The Bertz CT molecular complexity index is 1640. The van der Waals surface area contributed by atoms with Crippen LogP contribution in [0.5, 0.6) is 0 Å². The van der Waals surface area contributed by atoms with E-state index >= 15 is 0 Å². The summed E-state index contributed by atoms with van der Waals surface area (Å²) in [4.78, 5) is 26.5. The molecular weight excluding hydrogens is 474 g/mol. The largest absolute Gasteiger partial charge is 0.480 e. The van der Waals surface area contributed by atoms with Gasteiger partial charge in [0.1, 0.15) is 6.54 Å². The van der Waals surface area contributed by atoms with E-state index in [0.29, 0.717) is 22.0 Å². The first-order chi connectivity index (χ1) is 17.5. The van der Waals surface area contributed by atoms with Crippen LogP contribution in [0.4, 0.5) is 5.69 Å². The fourth-order valence-corrected chi connectivity index (χ4v) is 4.94. The van der Waals surface area contributed by atoms with Crippen LogP contribution in [-0.2, 0) is 9.59 Å². The fourth-order valence-electron chi connectivity index (χ4n) is 4.82. The molecule has 2 heterocycles. The van der Waals surface area contributed by atoms with Crippen LogP contribution in [0, 0.1) is 0 Å². The normalized spacial score (nSPS) is 14.9. The molecule has 6 nitrogen and oxygen atoms in total. The van der Waals surface area contributed by atoms with E-state index in [-0.39, 0.29) is 5.91 Å². The van der Waals surface area contributed by atoms with Crippen molar-refractivity contribution in [3.8, 4) is 22.5 Å². The monoisotopic (exact) mass is 493 g/mol. The first kappa shape index (κ1) is 22.1. The van der Waals surface area contributed by atoms with Crippen LogP contribution >= 0.6 is 11.6 Å². The summed E-state index contributed by atoms with van der Waals surface area (Å²) in [6.07, 6.45) is 0. The second-order valence-corrected chi connectivity index (χ2v) is 9.14. The first-order valence-electron chi connectivity index (χ1n) is 11.5. The van der Waals surface area contributed by atoms with E-state index in [1.807, 2.05) is 48.5 Å². The fraction of sp³-hybridized carbons (Fsp3) is 0.0690. The molecule has 1 atom stereocenters. The molecule has 176 valence electrons. The lowest BCUT2D eigenvalue weighted by Crippen LogP contribution is -2.35. The van der Waals surface area contributed by atoms with E-state index in [4.69, 9.17) is 16.7 Å². The number of benzene rings is 4. The highest BCUT2D eigenvalue weighted by Crippen LogP contribution is 2.41. The second-order valence-electron chi connectivity index (χ2n) is 8.71. The molecule has 1 N–H and O–H groups in total. The maximum absolute atomic E-state index is 13.6. The second kappa shape index (κ2) is 8.66. The van der Waals surface area contributed by atoms with E-state index in [2.05, 4.69) is 24.3 Å². The Labute approximate surface area is 212 Å². The number of carboxylic acids is 1. The zero-order chi connectivity index (χ0) is 24.8. The van der Waals surface area contributed by atoms with Gasteiger partial charge in [0.05, 0.1) is 17.1 Å². The number of para-hydroxylation sites is 1. The number of aromatic nitrogens is 2. The average molecular weight is 494 g/mol. The minimum absolute atomic E-state index is 0.332. The van der Waals surface area contributed by atoms with E-state index in [0.717, 1.165) is 27.6 Å². The number of aliphatic carboxylic acids is 1. The van der Waals surface area contributed by atoms with Gasteiger partial charge in [-0.1, -0.05) is 78.3 Å². The van der Waals surface area contributed by atoms with Gasteiger partial charge in [0.25, 0.3) is 5.91 Å².